The lowest BCUT2D eigenvalue weighted by Crippen LogP contribution is -2.51. The first-order valence-corrected chi connectivity index (χ1v) is 12.7. The molecule has 2 atom stereocenters. The lowest BCUT2D eigenvalue weighted by atomic mass is 9.84. The van der Waals surface area contributed by atoms with Crippen molar-refractivity contribution in [1.82, 2.24) is 14.9 Å². The summed E-state index contributed by atoms with van der Waals surface area (Å²) in [5.41, 5.74) is 1.51. The molecule has 2 aromatic rings. The number of carbonyl (C=O) groups is 1. The average Bonchev–Trinajstić information content (AvgIpc) is 3.08. The van der Waals surface area contributed by atoms with E-state index < -0.39 is 0 Å². The molecule has 5 nitrogen and oxygen atoms in total. The van der Waals surface area contributed by atoms with Crippen molar-refractivity contribution in [2.45, 2.75) is 71.6 Å². The topological polar surface area (TPSA) is 49.3 Å². The fraction of sp³-hybridized carbons (Fsp3) is 0.708. The van der Waals surface area contributed by atoms with Gasteiger partial charge in [0, 0.05) is 42.9 Å². The lowest BCUT2D eigenvalue weighted by molar-refractivity contribution is -0.138. The Balaban J connectivity index is 1.47. The molecule has 2 fully saturated rings. The van der Waals surface area contributed by atoms with Gasteiger partial charge in [-0.25, -0.2) is 9.97 Å². The summed E-state index contributed by atoms with van der Waals surface area (Å²) in [5, 5.41) is 1.31. The van der Waals surface area contributed by atoms with Crippen molar-refractivity contribution in [3.63, 3.8) is 0 Å². The molecule has 3 aliphatic rings. The summed E-state index contributed by atoms with van der Waals surface area (Å²) >= 11 is 1.90. The van der Waals surface area contributed by atoms with Gasteiger partial charge in [-0.05, 0) is 50.0 Å². The van der Waals surface area contributed by atoms with Crippen LogP contribution in [0.25, 0.3) is 10.2 Å². The van der Waals surface area contributed by atoms with Gasteiger partial charge < -0.3 is 9.80 Å². The van der Waals surface area contributed by atoms with Crippen molar-refractivity contribution in [3.05, 3.63) is 16.3 Å². The second kappa shape index (κ2) is 8.10. The molecular weight excluding hydrogens is 392 g/mol. The van der Waals surface area contributed by atoms with Gasteiger partial charge in [-0.2, -0.15) is 0 Å². The van der Waals surface area contributed by atoms with Crippen molar-refractivity contribution in [1.29, 1.82) is 0 Å². The van der Waals surface area contributed by atoms with E-state index in [0.717, 1.165) is 69.4 Å². The number of hydrogen-bond donors (Lipinski definition) is 0. The zero-order valence-electron chi connectivity index (χ0n) is 18.6. The third-order valence-electron chi connectivity index (χ3n) is 7.55. The van der Waals surface area contributed by atoms with E-state index in [1.807, 2.05) is 11.3 Å². The first-order valence-electron chi connectivity index (χ1n) is 11.9. The maximum absolute atomic E-state index is 12.7. The standard InChI is InChI=1S/C24H34N4OS/c1-4-16(3)21-25-22(20-18-9-8-15(2)14-19(18)30-23(20)26-21)27-10-12-28(13-11-27)24(29)17-6-5-7-17/h15-17H,4-14H2,1-3H3/t15-,16+/m0/s1. The molecule has 0 unspecified atom stereocenters. The normalized spacial score (nSPS) is 23.4. The number of aromatic nitrogens is 2. The van der Waals surface area contributed by atoms with Crippen LogP contribution >= 0.6 is 11.3 Å². The molecule has 30 heavy (non-hydrogen) atoms. The number of anilines is 1. The van der Waals surface area contributed by atoms with Gasteiger partial charge >= 0.3 is 0 Å². The molecule has 2 aliphatic carbocycles. The molecule has 0 aromatic carbocycles. The number of piperazine rings is 1. The van der Waals surface area contributed by atoms with Gasteiger partial charge in [-0.3, -0.25) is 4.79 Å². The average molecular weight is 427 g/mol. The first-order chi connectivity index (χ1) is 14.5. The van der Waals surface area contributed by atoms with Crippen LogP contribution in [-0.4, -0.2) is 47.0 Å². The van der Waals surface area contributed by atoms with E-state index >= 15 is 0 Å². The van der Waals surface area contributed by atoms with Crippen LogP contribution in [0, 0.1) is 11.8 Å². The Morgan fingerprint density at radius 2 is 1.93 bits per heavy atom. The van der Waals surface area contributed by atoms with Crippen molar-refractivity contribution in [2.24, 2.45) is 11.8 Å². The number of fused-ring (bicyclic) bond motifs is 3. The number of hydrogen-bond acceptors (Lipinski definition) is 5. The summed E-state index contributed by atoms with van der Waals surface area (Å²) in [6.45, 7) is 10.2. The van der Waals surface area contributed by atoms with Crippen LogP contribution in [0.1, 0.15) is 75.1 Å². The van der Waals surface area contributed by atoms with E-state index in [4.69, 9.17) is 9.97 Å². The van der Waals surface area contributed by atoms with Crippen molar-refractivity contribution in [2.75, 3.05) is 31.1 Å². The molecule has 1 saturated heterocycles. The van der Waals surface area contributed by atoms with Gasteiger partial charge in [0.05, 0.1) is 5.39 Å². The highest BCUT2D eigenvalue weighted by atomic mass is 32.1. The third kappa shape index (κ3) is 3.51. The fourth-order valence-electron chi connectivity index (χ4n) is 5.02. The number of nitrogens with zero attached hydrogens (tertiary/aromatic N) is 4. The largest absolute Gasteiger partial charge is 0.352 e. The molecule has 0 N–H and O–H groups in total. The van der Waals surface area contributed by atoms with Crippen LogP contribution in [0.4, 0.5) is 5.82 Å². The number of carbonyl (C=O) groups excluding carboxylic acids is 1. The Morgan fingerprint density at radius 1 is 1.17 bits per heavy atom. The van der Waals surface area contributed by atoms with Crippen LogP contribution < -0.4 is 4.90 Å². The van der Waals surface area contributed by atoms with Crippen molar-refractivity contribution < 1.29 is 4.79 Å². The highest BCUT2D eigenvalue weighted by Gasteiger charge is 2.33. The van der Waals surface area contributed by atoms with E-state index in [1.165, 1.54) is 39.9 Å². The molecule has 3 heterocycles. The monoisotopic (exact) mass is 426 g/mol. The summed E-state index contributed by atoms with van der Waals surface area (Å²) in [6.07, 6.45) is 8.03. The summed E-state index contributed by atoms with van der Waals surface area (Å²) in [7, 11) is 0. The number of rotatable bonds is 4. The van der Waals surface area contributed by atoms with Crippen LogP contribution in [0.5, 0.6) is 0 Å². The van der Waals surface area contributed by atoms with E-state index in [9.17, 15) is 4.79 Å². The van der Waals surface area contributed by atoms with E-state index in [1.54, 1.807) is 0 Å². The third-order valence-corrected chi connectivity index (χ3v) is 8.70. The molecular formula is C24H34N4OS. The zero-order valence-corrected chi connectivity index (χ0v) is 19.4. The summed E-state index contributed by atoms with van der Waals surface area (Å²) in [4.78, 5) is 30.1. The number of thiophene rings is 1. The molecule has 5 rings (SSSR count). The zero-order chi connectivity index (χ0) is 20.8. The Labute approximate surface area is 183 Å². The minimum Gasteiger partial charge on any atom is -0.352 e. The second-order valence-electron chi connectivity index (χ2n) is 9.69. The fourth-order valence-corrected chi connectivity index (χ4v) is 6.41. The smallest absolute Gasteiger partial charge is 0.225 e. The summed E-state index contributed by atoms with van der Waals surface area (Å²) in [6, 6.07) is 0. The Kier molecular flexibility index (Phi) is 5.46. The molecule has 0 spiro atoms. The van der Waals surface area contributed by atoms with Crippen LogP contribution in [0.15, 0.2) is 0 Å². The van der Waals surface area contributed by atoms with Gasteiger partial charge in [0.15, 0.2) is 0 Å². The highest BCUT2D eigenvalue weighted by molar-refractivity contribution is 7.19. The Morgan fingerprint density at radius 3 is 2.60 bits per heavy atom. The van der Waals surface area contributed by atoms with Gasteiger partial charge in [0.25, 0.3) is 0 Å². The summed E-state index contributed by atoms with van der Waals surface area (Å²) < 4.78 is 0. The maximum Gasteiger partial charge on any atom is 0.225 e. The molecule has 0 radical (unpaired) electrons. The van der Waals surface area contributed by atoms with Crippen LogP contribution in [-0.2, 0) is 17.6 Å². The molecule has 1 amide bonds. The van der Waals surface area contributed by atoms with E-state index in [2.05, 4.69) is 30.6 Å². The second-order valence-corrected chi connectivity index (χ2v) is 10.8. The molecule has 0 bridgehead atoms. The SMILES string of the molecule is CC[C@@H](C)c1nc(N2CCN(C(=O)C3CCC3)CC2)c2c3c(sc2n1)C[C@@H](C)CC3. The van der Waals surface area contributed by atoms with Gasteiger partial charge in [0.1, 0.15) is 16.5 Å². The maximum atomic E-state index is 12.7. The number of aryl methyl sites for hydroxylation is 1. The lowest BCUT2D eigenvalue weighted by Gasteiger charge is -2.39. The molecule has 1 aliphatic heterocycles. The van der Waals surface area contributed by atoms with Crippen molar-refractivity contribution in [3.8, 4) is 0 Å². The first kappa shape index (κ1) is 20.2. The predicted octanol–water partition coefficient (Wildman–Crippen LogP) is 4.78. The minimum absolute atomic E-state index is 0.296. The molecule has 162 valence electrons. The molecule has 1 saturated carbocycles. The van der Waals surface area contributed by atoms with E-state index in [0.29, 0.717) is 17.7 Å². The Bertz CT molecular complexity index is 942. The summed E-state index contributed by atoms with van der Waals surface area (Å²) in [5.74, 6) is 3.93. The van der Waals surface area contributed by atoms with Crippen molar-refractivity contribution >= 4 is 33.3 Å². The van der Waals surface area contributed by atoms with Gasteiger partial charge in [0.2, 0.25) is 5.91 Å². The van der Waals surface area contributed by atoms with E-state index in [-0.39, 0.29) is 0 Å². The molecule has 2 aromatic heterocycles. The predicted molar refractivity (Wildman–Crippen MR) is 123 cm³/mol. The molecule has 6 heteroatoms. The highest BCUT2D eigenvalue weighted by Crippen LogP contribution is 2.42. The Hall–Kier alpha value is -1.69. The van der Waals surface area contributed by atoms with Crippen LogP contribution in [0.3, 0.4) is 0 Å². The van der Waals surface area contributed by atoms with Gasteiger partial charge in [-0.1, -0.05) is 27.2 Å². The minimum atomic E-state index is 0.296. The van der Waals surface area contributed by atoms with Gasteiger partial charge in [-0.15, -0.1) is 11.3 Å². The number of amides is 1. The quantitative estimate of drug-likeness (QED) is 0.706. The van der Waals surface area contributed by atoms with Crippen LogP contribution in [0.2, 0.25) is 0 Å².